The summed E-state index contributed by atoms with van der Waals surface area (Å²) in [6.45, 7) is 4.69. The first-order chi connectivity index (χ1) is 9.75. The predicted molar refractivity (Wildman–Crippen MR) is 79.1 cm³/mol. The Morgan fingerprint density at radius 1 is 1.48 bits per heavy atom. The molecule has 0 aromatic heterocycles. The fourth-order valence-corrected chi connectivity index (χ4v) is 4.25. The number of sulfonamides is 1. The lowest BCUT2D eigenvalue weighted by molar-refractivity contribution is -0.385. The molecule has 0 radical (unpaired) electrons. The van der Waals surface area contributed by atoms with Crippen LogP contribution in [0.2, 0.25) is 5.02 Å². The van der Waals surface area contributed by atoms with E-state index in [1.54, 1.807) is 6.92 Å². The number of benzene rings is 1. The van der Waals surface area contributed by atoms with Gasteiger partial charge in [0.05, 0.1) is 14.8 Å². The number of hydrogen-bond acceptors (Lipinski definition) is 5. The van der Waals surface area contributed by atoms with E-state index in [1.165, 1.54) is 17.3 Å². The van der Waals surface area contributed by atoms with E-state index in [2.05, 4.69) is 5.32 Å². The van der Waals surface area contributed by atoms with Gasteiger partial charge in [0.15, 0.2) is 0 Å². The van der Waals surface area contributed by atoms with Crippen molar-refractivity contribution in [2.45, 2.75) is 24.8 Å². The van der Waals surface area contributed by atoms with Gasteiger partial charge in [-0.3, -0.25) is 10.1 Å². The first-order valence-corrected chi connectivity index (χ1v) is 8.24. The molecule has 1 aliphatic heterocycles. The summed E-state index contributed by atoms with van der Waals surface area (Å²) in [5, 5.41) is 14.2. The Balaban J connectivity index is 2.52. The van der Waals surface area contributed by atoms with E-state index in [4.69, 9.17) is 11.6 Å². The molecule has 1 heterocycles. The molecule has 0 amide bonds. The van der Waals surface area contributed by atoms with Crippen molar-refractivity contribution >= 4 is 27.3 Å². The first-order valence-electron chi connectivity index (χ1n) is 6.42. The van der Waals surface area contributed by atoms with E-state index in [1.807, 2.05) is 0 Å². The average molecular weight is 334 g/mol. The summed E-state index contributed by atoms with van der Waals surface area (Å²) in [6, 6.07) is 2.13. The average Bonchev–Trinajstić information content (AvgIpc) is 2.41. The van der Waals surface area contributed by atoms with E-state index < -0.39 is 14.9 Å². The van der Waals surface area contributed by atoms with Gasteiger partial charge in [-0.05, 0) is 19.9 Å². The number of piperazine rings is 1. The second kappa shape index (κ2) is 5.88. The molecule has 1 saturated heterocycles. The van der Waals surface area contributed by atoms with Gasteiger partial charge in [-0.25, -0.2) is 8.42 Å². The molecule has 1 atom stereocenters. The Hall–Kier alpha value is -1.22. The van der Waals surface area contributed by atoms with Gasteiger partial charge in [-0.15, -0.1) is 0 Å². The predicted octanol–water partition coefficient (Wildman–Crippen LogP) is 1.54. The molecule has 1 aromatic carbocycles. The van der Waals surface area contributed by atoms with E-state index in [0.717, 1.165) is 6.07 Å². The minimum Gasteiger partial charge on any atom is -0.314 e. The minimum absolute atomic E-state index is 0.0746. The van der Waals surface area contributed by atoms with Crippen molar-refractivity contribution in [1.29, 1.82) is 0 Å². The van der Waals surface area contributed by atoms with Crippen LogP contribution in [-0.4, -0.2) is 43.3 Å². The van der Waals surface area contributed by atoms with Crippen LogP contribution >= 0.6 is 11.6 Å². The van der Waals surface area contributed by atoms with Crippen LogP contribution in [-0.2, 0) is 10.0 Å². The number of hydrogen-bond donors (Lipinski definition) is 1. The van der Waals surface area contributed by atoms with Crippen LogP contribution < -0.4 is 5.32 Å². The van der Waals surface area contributed by atoms with E-state index >= 15 is 0 Å². The van der Waals surface area contributed by atoms with Crippen LogP contribution in [0.3, 0.4) is 0 Å². The lowest BCUT2D eigenvalue weighted by Gasteiger charge is -2.32. The largest absolute Gasteiger partial charge is 0.314 e. The fourth-order valence-electron chi connectivity index (χ4n) is 2.29. The monoisotopic (exact) mass is 333 g/mol. The molecule has 1 aromatic rings. The van der Waals surface area contributed by atoms with Gasteiger partial charge in [-0.1, -0.05) is 11.6 Å². The molecular formula is C12H16ClN3O4S. The highest BCUT2D eigenvalue weighted by Gasteiger charge is 2.32. The quantitative estimate of drug-likeness (QED) is 0.669. The maximum atomic E-state index is 12.7. The maximum absolute atomic E-state index is 12.7. The summed E-state index contributed by atoms with van der Waals surface area (Å²) < 4.78 is 26.6. The Kier molecular flexibility index (Phi) is 4.52. The highest BCUT2D eigenvalue weighted by Crippen LogP contribution is 2.31. The minimum atomic E-state index is -3.80. The number of nitro benzene ring substituents is 1. The van der Waals surface area contributed by atoms with E-state index in [9.17, 15) is 18.5 Å². The van der Waals surface area contributed by atoms with Crippen LogP contribution in [0.4, 0.5) is 5.69 Å². The molecule has 0 bridgehead atoms. The van der Waals surface area contributed by atoms with E-state index in [0.29, 0.717) is 19.6 Å². The van der Waals surface area contributed by atoms with Crippen LogP contribution in [0.25, 0.3) is 0 Å². The van der Waals surface area contributed by atoms with Gasteiger partial charge >= 0.3 is 0 Å². The van der Waals surface area contributed by atoms with Crippen LogP contribution in [0.15, 0.2) is 17.0 Å². The number of nitrogens with one attached hydrogen (secondary N) is 1. The van der Waals surface area contributed by atoms with Crippen LogP contribution in [0, 0.1) is 17.0 Å². The second-order valence-corrected chi connectivity index (χ2v) is 7.27. The fraction of sp³-hybridized carbons (Fsp3) is 0.500. The topological polar surface area (TPSA) is 92.6 Å². The molecule has 1 fully saturated rings. The van der Waals surface area contributed by atoms with Gasteiger partial charge in [0.25, 0.3) is 5.69 Å². The summed E-state index contributed by atoms with van der Waals surface area (Å²) in [5.41, 5.74) is -0.0298. The zero-order valence-electron chi connectivity index (χ0n) is 11.7. The Labute approximate surface area is 128 Å². The number of nitrogens with zero attached hydrogens (tertiary/aromatic N) is 2. The molecule has 7 nitrogen and oxygen atoms in total. The van der Waals surface area contributed by atoms with Gasteiger partial charge in [-0.2, -0.15) is 4.31 Å². The molecular weight excluding hydrogens is 318 g/mol. The third kappa shape index (κ3) is 3.03. The number of rotatable bonds is 3. The lowest BCUT2D eigenvalue weighted by atomic mass is 10.2. The third-order valence-corrected chi connectivity index (χ3v) is 5.92. The molecule has 21 heavy (non-hydrogen) atoms. The smallest absolute Gasteiger partial charge is 0.275 e. The van der Waals surface area contributed by atoms with Crippen LogP contribution in [0.1, 0.15) is 12.5 Å². The Morgan fingerprint density at radius 2 is 2.14 bits per heavy atom. The normalized spacial score (nSPS) is 20.4. The molecule has 0 aliphatic carbocycles. The van der Waals surface area contributed by atoms with E-state index in [-0.39, 0.29) is 27.2 Å². The highest BCUT2D eigenvalue weighted by molar-refractivity contribution is 7.89. The third-order valence-electron chi connectivity index (χ3n) is 3.53. The van der Waals surface area contributed by atoms with Gasteiger partial charge in [0.1, 0.15) is 0 Å². The van der Waals surface area contributed by atoms with Crippen LogP contribution in [0.5, 0.6) is 0 Å². The second-order valence-electron chi connectivity index (χ2n) is 4.98. The highest BCUT2D eigenvalue weighted by atomic mass is 35.5. The SMILES string of the molecule is Cc1c(Cl)cc(S(=O)(=O)N2CCNCC2C)cc1[N+](=O)[O-]. The zero-order chi connectivity index (χ0) is 15.8. The van der Waals surface area contributed by atoms with Gasteiger partial charge in [0, 0.05) is 37.3 Å². The summed E-state index contributed by atoms with van der Waals surface area (Å²) in [6.07, 6.45) is 0. The molecule has 1 aliphatic rings. The van der Waals surface area contributed by atoms with Crippen molar-refractivity contribution in [2.24, 2.45) is 0 Å². The van der Waals surface area contributed by atoms with Gasteiger partial charge in [0.2, 0.25) is 10.0 Å². The molecule has 0 spiro atoms. The van der Waals surface area contributed by atoms with Crippen molar-refractivity contribution < 1.29 is 13.3 Å². The zero-order valence-corrected chi connectivity index (χ0v) is 13.2. The molecule has 1 unspecified atom stereocenters. The van der Waals surface area contributed by atoms with Crippen molar-refractivity contribution in [2.75, 3.05) is 19.6 Å². The number of nitro groups is 1. The summed E-state index contributed by atoms with van der Waals surface area (Å²) >= 11 is 5.94. The summed E-state index contributed by atoms with van der Waals surface area (Å²) in [7, 11) is -3.80. The molecule has 2 rings (SSSR count). The Bertz CT molecular complexity index is 677. The lowest BCUT2D eigenvalue weighted by Crippen LogP contribution is -2.52. The molecule has 1 N–H and O–H groups in total. The summed E-state index contributed by atoms with van der Waals surface area (Å²) in [5.74, 6) is 0. The molecule has 9 heteroatoms. The first kappa shape index (κ1) is 16.2. The van der Waals surface area contributed by atoms with Crippen molar-refractivity contribution in [3.05, 3.63) is 32.8 Å². The number of halogens is 1. The molecule has 0 saturated carbocycles. The summed E-state index contributed by atoms with van der Waals surface area (Å²) in [4.78, 5) is 10.3. The van der Waals surface area contributed by atoms with Crippen molar-refractivity contribution in [3.8, 4) is 0 Å². The molecule has 116 valence electrons. The van der Waals surface area contributed by atoms with Crippen molar-refractivity contribution in [3.63, 3.8) is 0 Å². The standard InChI is InChI=1S/C12H16ClN3O4S/c1-8-7-14-3-4-15(8)21(19,20)10-5-11(13)9(2)12(6-10)16(17)18/h5-6,8,14H,3-4,7H2,1-2H3. The van der Waals surface area contributed by atoms with Gasteiger partial charge < -0.3 is 5.32 Å². The van der Waals surface area contributed by atoms with Crippen molar-refractivity contribution in [1.82, 2.24) is 9.62 Å². The Morgan fingerprint density at radius 3 is 2.71 bits per heavy atom. The maximum Gasteiger partial charge on any atom is 0.275 e.